The molecule has 0 spiro atoms. The van der Waals surface area contributed by atoms with Crippen LogP contribution in [0.2, 0.25) is 0 Å². The first-order chi connectivity index (χ1) is 12.6. The number of benzene rings is 2. The van der Waals surface area contributed by atoms with Crippen LogP contribution in [0.4, 0.5) is 0 Å². The minimum Gasteiger partial charge on any atom is -0.264 e. The van der Waals surface area contributed by atoms with Gasteiger partial charge in [-0.05, 0) is 41.0 Å². The Bertz CT molecular complexity index is 1200. The van der Waals surface area contributed by atoms with Gasteiger partial charge in [-0.15, -0.1) is 0 Å². The maximum Gasteiger partial charge on any atom is 0.238 e. The first kappa shape index (κ1) is 19.2. The summed E-state index contributed by atoms with van der Waals surface area (Å²) in [4.78, 5) is 4.52. The van der Waals surface area contributed by atoms with Gasteiger partial charge in [0.25, 0.3) is 0 Å². The third-order valence-corrected chi connectivity index (χ3v) is 6.19. The van der Waals surface area contributed by atoms with Crippen LogP contribution in [0.5, 0.6) is 0 Å². The number of sulfonamides is 1. The Morgan fingerprint density at radius 2 is 1.63 bits per heavy atom. The van der Waals surface area contributed by atoms with Crippen molar-refractivity contribution >= 4 is 19.9 Å². The van der Waals surface area contributed by atoms with Crippen LogP contribution in [0.3, 0.4) is 0 Å². The summed E-state index contributed by atoms with van der Waals surface area (Å²) in [6.45, 7) is 0. The number of primary sulfonamides is 1. The molecule has 0 fully saturated rings. The largest absolute Gasteiger partial charge is 0.264 e. The molecule has 2 N–H and O–H groups in total. The zero-order valence-corrected chi connectivity index (χ0v) is 16.2. The van der Waals surface area contributed by atoms with Crippen molar-refractivity contribution in [3.8, 4) is 11.1 Å². The van der Waals surface area contributed by atoms with Gasteiger partial charge in [0.2, 0.25) is 10.0 Å². The number of hydrogen-bond donors (Lipinski definition) is 1. The van der Waals surface area contributed by atoms with Gasteiger partial charge >= 0.3 is 0 Å². The predicted octanol–water partition coefficient (Wildman–Crippen LogP) is 2.39. The highest BCUT2D eigenvalue weighted by molar-refractivity contribution is 7.90. The molecular weight excluding hydrogens is 384 g/mol. The Morgan fingerprint density at radius 3 is 2.33 bits per heavy atom. The van der Waals surface area contributed by atoms with E-state index in [9.17, 15) is 16.8 Å². The van der Waals surface area contributed by atoms with Crippen molar-refractivity contribution in [1.82, 2.24) is 4.98 Å². The molecule has 0 atom stereocenters. The molecule has 0 aliphatic heterocycles. The lowest BCUT2D eigenvalue weighted by Crippen LogP contribution is -2.14. The first-order valence-corrected chi connectivity index (χ1v) is 11.4. The van der Waals surface area contributed by atoms with Crippen LogP contribution in [0.15, 0.2) is 76.8 Å². The lowest BCUT2D eigenvalue weighted by Gasteiger charge is -2.09. The van der Waals surface area contributed by atoms with E-state index in [2.05, 4.69) is 4.98 Å². The molecule has 3 rings (SSSR count). The number of rotatable bonds is 5. The van der Waals surface area contributed by atoms with Gasteiger partial charge in [0.1, 0.15) is 0 Å². The fourth-order valence-electron chi connectivity index (χ4n) is 2.80. The van der Waals surface area contributed by atoms with Gasteiger partial charge in [-0.3, -0.25) is 4.98 Å². The lowest BCUT2D eigenvalue weighted by atomic mass is 10.0. The zero-order valence-electron chi connectivity index (χ0n) is 14.5. The number of nitrogens with two attached hydrogens (primary N) is 1. The molecule has 0 aliphatic carbocycles. The van der Waals surface area contributed by atoms with Crippen molar-refractivity contribution in [2.24, 2.45) is 5.14 Å². The second-order valence-corrected chi connectivity index (χ2v) is 9.76. The second kappa shape index (κ2) is 7.22. The molecule has 2 aromatic carbocycles. The molecule has 0 bridgehead atoms. The molecule has 0 amide bonds. The molecule has 1 heterocycles. The zero-order chi connectivity index (χ0) is 19.7. The van der Waals surface area contributed by atoms with Crippen LogP contribution in [0, 0.1) is 0 Å². The number of aromatic nitrogens is 1. The van der Waals surface area contributed by atoms with Gasteiger partial charge in [-0.1, -0.05) is 30.3 Å². The van der Waals surface area contributed by atoms with E-state index >= 15 is 0 Å². The first-order valence-electron chi connectivity index (χ1n) is 8.00. The minimum absolute atomic E-state index is 0.0782. The Balaban J connectivity index is 1.99. The molecule has 0 unspecified atom stereocenters. The topological polar surface area (TPSA) is 107 Å². The Labute approximate surface area is 158 Å². The summed E-state index contributed by atoms with van der Waals surface area (Å²) < 4.78 is 47.1. The van der Waals surface area contributed by atoms with E-state index in [0.717, 1.165) is 17.4 Å². The third kappa shape index (κ3) is 4.60. The highest BCUT2D eigenvalue weighted by Crippen LogP contribution is 2.24. The van der Waals surface area contributed by atoms with E-state index in [1.54, 1.807) is 54.9 Å². The van der Waals surface area contributed by atoms with Crippen LogP contribution in [-0.2, 0) is 26.3 Å². The van der Waals surface area contributed by atoms with E-state index in [1.807, 2.05) is 6.07 Å². The van der Waals surface area contributed by atoms with Crippen LogP contribution >= 0.6 is 0 Å². The average Bonchev–Trinajstić information content (AvgIpc) is 2.61. The predicted molar refractivity (Wildman–Crippen MR) is 103 cm³/mol. The lowest BCUT2D eigenvalue weighted by molar-refractivity contribution is 0.596. The number of sulfone groups is 1. The van der Waals surface area contributed by atoms with E-state index in [-0.39, 0.29) is 9.79 Å². The number of nitrogens with zero attached hydrogens (tertiary/aromatic N) is 1. The Hall–Kier alpha value is -2.55. The summed E-state index contributed by atoms with van der Waals surface area (Å²) in [5.74, 6) is 0. The molecule has 6 nitrogen and oxygen atoms in total. The molecule has 140 valence electrons. The fourth-order valence-corrected chi connectivity index (χ4v) is 4.24. The van der Waals surface area contributed by atoms with E-state index in [1.165, 1.54) is 6.07 Å². The summed E-state index contributed by atoms with van der Waals surface area (Å²) in [7, 11) is -7.14. The summed E-state index contributed by atoms with van der Waals surface area (Å²) in [6, 6.07) is 15.0. The van der Waals surface area contributed by atoms with Crippen LogP contribution in [0.25, 0.3) is 11.1 Å². The molecule has 0 radical (unpaired) electrons. The molecule has 0 saturated heterocycles. The summed E-state index contributed by atoms with van der Waals surface area (Å²) in [6.07, 6.45) is 4.77. The van der Waals surface area contributed by atoms with E-state index < -0.39 is 19.9 Å². The molecular formula is C19H18N2O4S2. The van der Waals surface area contributed by atoms with Crippen LogP contribution in [-0.4, -0.2) is 28.1 Å². The minimum atomic E-state index is -3.82. The fraction of sp³-hybridized carbons (Fsp3) is 0.105. The van der Waals surface area contributed by atoms with Crippen molar-refractivity contribution in [2.75, 3.05) is 6.26 Å². The smallest absolute Gasteiger partial charge is 0.238 e. The monoisotopic (exact) mass is 402 g/mol. The third-order valence-electron chi connectivity index (χ3n) is 4.06. The average molecular weight is 402 g/mol. The summed E-state index contributed by atoms with van der Waals surface area (Å²) in [5, 5.41) is 5.29. The number of pyridine rings is 1. The van der Waals surface area contributed by atoms with Gasteiger partial charge in [-0.25, -0.2) is 22.0 Å². The van der Waals surface area contributed by atoms with Crippen LogP contribution in [0.1, 0.15) is 11.1 Å². The molecule has 8 heteroatoms. The number of hydrogen-bond acceptors (Lipinski definition) is 5. The molecule has 0 saturated carbocycles. The van der Waals surface area contributed by atoms with Crippen molar-refractivity contribution in [3.05, 3.63) is 78.1 Å². The van der Waals surface area contributed by atoms with E-state index in [0.29, 0.717) is 17.5 Å². The molecule has 0 aliphatic rings. The molecule has 3 aromatic rings. The van der Waals surface area contributed by atoms with Crippen LogP contribution < -0.4 is 5.14 Å². The van der Waals surface area contributed by atoms with Gasteiger partial charge < -0.3 is 0 Å². The maximum absolute atomic E-state index is 11.8. The summed E-state index contributed by atoms with van der Waals surface area (Å²) in [5.41, 5.74) is 2.82. The van der Waals surface area contributed by atoms with Gasteiger partial charge in [0.05, 0.1) is 9.79 Å². The van der Waals surface area contributed by atoms with Crippen molar-refractivity contribution in [2.45, 2.75) is 16.2 Å². The van der Waals surface area contributed by atoms with Gasteiger partial charge in [0, 0.05) is 30.6 Å². The highest BCUT2D eigenvalue weighted by atomic mass is 32.2. The van der Waals surface area contributed by atoms with Crippen molar-refractivity contribution < 1.29 is 16.8 Å². The Kier molecular flexibility index (Phi) is 5.14. The molecule has 27 heavy (non-hydrogen) atoms. The Morgan fingerprint density at radius 1 is 0.889 bits per heavy atom. The van der Waals surface area contributed by atoms with E-state index in [4.69, 9.17) is 5.14 Å². The van der Waals surface area contributed by atoms with Gasteiger partial charge in [0.15, 0.2) is 9.84 Å². The quantitative estimate of drug-likeness (QED) is 0.705. The van der Waals surface area contributed by atoms with Crippen molar-refractivity contribution in [1.29, 1.82) is 0 Å². The van der Waals surface area contributed by atoms with Crippen molar-refractivity contribution in [3.63, 3.8) is 0 Å². The normalized spacial score (nSPS) is 12.1. The van der Waals surface area contributed by atoms with Gasteiger partial charge in [-0.2, -0.15) is 0 Å². The second-order valence-electron chi connectivity index (χ2n) is 6.21. The maximum atomic E-state index is 11.8. The summed E-state index contributed by atoms with van der Waals surface area (Å²) >= 11 is 0. The highest BCUT2D eigenvalue weighted by Gasteiger charge is 2.14. The molecule has 1 aromatic heterocycles. The SMILES string of the molecule is CS(=O)(=O)c1cccc(-c2cncc(Cc3ccccc3S(N)(=O)=O)c2)c1. The standard InChI is InChI=1S/C19H18N2O4S2/c1-26(22,23)18-7-4-6-15(11-18)17-10-14(12-21-13-17)9-16-5-2-3-8-19(16)27(20,24)25/h2-8,10-13H,9H2,1H3,(H2,20,24,25).